The fraction of sp³-hybridized carbons (Fsp3) is 0.571. The van der Waals surface area contributed by atoms with Crippen LogP contribution in [0.15, 0.2) is 41.1 Å². The molecule has 1 aliphatic carbocycles. The van der Waals surface area contributed by atoms with Gasteiger partial charge in [0.25, 0.3) is 0 Å². The van der Waals surface area contributed by atoms with Crippen molar-refractivity contribution in [2.24, 2.45) is 5.92 Å². The van der Waals surface area contributed by atoms with Crippen LogP contribution >= 0.6 is 0 Å². The van der Waals surface area contributed by atoms with E-state index in [1.54, 1.807) is 4.90 Å². The molecule has 2 fully saturated rings. The summed E-state index contributed by atoms with van der Waals surface area (Å²) >= 11 is 0. The average Bonchev–Trinajstić information content (AvgIpc) is 2.88. The van der Waals surface area contributed by atoms with E-state index in [-0.39, 0.29) is 6.09 Å². The molecule has 200 valence electrons. The molecule has 9 nitrogen and oxygen atoms in total. The number of ether oxygens (including phenoxy) is 2. The van der Waals surface area contributed by atoms with E-state index in [2.05, 4.69) is 28.2 Å². The number of hydrogen-bond acceptors (Lipinski definition) is 8. The smallest absolute Gasteiger partial charge is 0.410 e. The van der Waals surface area contributed by atoms with Crippen LogP contribution in [0.3, 0.4) is 0 Å². The van der Waals surface area contributed by atoms with E-state index in [0.29, 0.717) is 37.9 Å². The Morgan fingerprint density at radius 1 is 1.19 bits per heavy atom. The molecule has 1 aromatic rings. The normalized spacial score (nSPS) is 20.6. The summed E-state index contributed by atoms with van der Waals surface area (Å²) in [6.07, 6.45) is 8.14. The molecule has 0 atom stereocenters. The van der Waals surface area contributed by atoms with Gasteiger partial charge >= 0.3 is 6.09 Å². The standard InChI is InChI=1S/C28H40N6O3/c1-6-24-31-25(17-26(32-24)33-11-13-36-14-12-33)30-18-21-15-19(2)22(16-23(21)29)20-7-9-34(10-8-20)27(35)37-28(3,4)5/h15-18,20,29H,6-14H2,1-5H3,(H,30,31,32)/b21-18-,29-23?. The van der Waals surface area contributed by atoms with Crippen LogP contribution in [0.1, 0.15) is 53.3 Å². The molecule has 0 radical (unpaired) electrons. The van der Waals surface area contributed by atoms with E-state index in [0.717, 1.165) is 61.0 Å². The number of carbonyl (C=O) groups excluding carboxylic acids is 1. The molecule has 37 heavy (non-hydrogen) atoms. The summed E-state index contributed by atoms with van der Waals surface area (Å²) < 4.78 is 11.0. The molecule has 0 saturated carbocycles. The number of morpholine rings is 1. The van der Waals surface area contributed by atoms with E-state index in [1.165, 1.54) is 5.57 Å². The van der Waals surface area contributed by atoms with E-state index in [4.69, 9.17) is 19.9 Å². The maximum atomic E-state index is 12.4. The van der Waals surface area contributed by atoms with Gasteiger partial charge < -0.3 is 30.0 Å². The molecule has 9 heteroatoms. The first-order valence-electron chi connectivity index (χ1n) is 13.3. The third kappa shape index (κ3) is 6.97. The van der Waals surface area contributed by atoms with Gasteiger partial charge in [0.1, 0.15) is 23.1 Å². The second-order valence-corrected chi connectivity index (χ2v) is 10.8. The number of amides is 1. The maximum absolute atomic E-state index is 12.4. The van der Waals surface area contributed by atoms with Gasteiger partial charge in [0.05, 0.1) is 18.9 Å². The monoisotopic (exact) mass is 508 g/mol. The van der Waals surface area contributed by atoms with Crippen LogP contribution in [0.5, 0.6) is 0 Å². The Bertz CT molecular complexity index is 1100. The van der Waals surface area contributed by atoms with Gasteiger partial charge in [-0.15, -0.1) is 0 Å². The lowest BCUT2D eigenvalue weighted by Crippen LogP contribution is -2.42. The highest BCUT2D eigenvalue weighted by molar-refractivity contribution is 6.10. The second kappa shape index (κ2) is 11.5. The Morgan fingerprint density at radius 3 is 2.54 bits per heavy atom. The highest BCUT2D eigenvalue weighted by atomic mass is 16.6. The number of likely N-dealkylation sites (tertiary alicyclic amines) is 1. The van der Waals surface area contributed by atoms with Gasteiger partial charge in [-0.05, 0) is 69.8 Å². The number of allylic oxidation sites excluding steroid dienone is 5. The van der Waals surface area contributed by atoms with Gasteiger partial charge in [0.2, 0.25) is 0 Å². The molecule has 2 aliphatic heterocycles. The Balaban J connectivity index is 1.40. The number of aromatic nitrogens is 2. The highest BCUT2D eigenvalue weighted by Crippen LogP contribution is 2.33. The van der Waals surface area contributed by atoms with Gasteiger partial charge in [-0.1, -0.05) is 6.92 Å². The first kappa shape index (κ1) is 26.9. The predicted molar refractivity (Wildman–Crippen MR) is 146 cm³/mol. The summed E-state index contributed by atoms with van der Waals surface area (Å²) in [5.41, 5.74) is 3.15. The SMILES string of the molecule is CCc1nc(N/C=C2/C=C(C)C(C3CCN(C(=O)OC(C)(C)C)CC3)=CC2=N)cc(N2CCOCC2)n1. The summed E-state index contributed by atoms with van der Waals surface area (Å²) in [6.45, 7) is 14.2. The summed E-state index contributed by atoms with van der Waals surface area (Å²) in [7, 11) is 0. The van der Waals surface area contributed by atoms with Gasteiger partial charge in [-0.25, -0.2) is 14.8 Å². The summed E-state index contributed by atoms with van der Waals surface area (Å²) in [5, 5.41) is 12.0. The maximum Gasteiger partial charge on any atom is 0.410 e. The van der Waals surface area contributed by atoms with Crippen molar-refractivity contribution in [2.45, 2.75) is 59.5 Å². The highest BCUT2D eigenvalue weighted by Gasteiger charge is 2.29. The van der Waals surface area contributed by atoms with Crippen molar-refractivity contribution in [3.05, 3.63) is 47.0 Å². The second-order valence-electron chi connectivity index (χ2n) is 10.8. The van der Waals surface area contributed by atoms with E-state index in [1.807, 2.05) is 46.0 Å². The third-order valence-electron chi connectivity index (χ3n) is 6.81. The van der Waals surface area contributed by atoms with Crippen LogP contribution in [0, 0.1) is 11.3 Å². The van der Waals surface area contributed by atoms with Crippen LogP contribution in [-0.4, -0.2) is 71.7 Å². The van der Waals surface area contributed by atoms with Crippen molar-refractivity contribution < 1.29 is 14.3 Å². The lowest BCUT2D eigenvalue weighted by molar-refractivity contribution is 0.0195. The quantitative estimate of drug-likeness (QED) is 0.593. The van der Waals surface area contributed by atoms with E-state index in [9.17, 15) is 4.79 Å². The van der Waals surface area contributed by atoms with Gasteiger partial charge in [-0.3, -0.25) is 0 Å². The minimum atomic E-state index is -0.487. The molecule has 2 saturated heterocycles. The summed E-state index contributed by atoms with van der Waals surface area (Å²) in [4.78, 5) is 25.8. The molecule has 2 N–H and O–H groups in total. The molecule has 3 heterocycles. The van der Waals surface area contributed by atoms with Crippen molar-refractivity contribution in [1.29, 1.82) is 5.41 Å². The number of piperidine rings is 1. The predicted octanol–water partition coefficient (Wildman–Crippen LogP) is 4.72. The van der Waals surface area contributed by atoms with E-state index >= 15 is 0 Å². The third-order valence-corrected chi connectivity index (χ3v) is 6.81. The molecular formula is C28H40N6O3. The largest absolute Gasteiger partial charge is 0.444 e. The van der Waals surface area contributed by atoms with Gasteiger partial charge in [0.15, 0.2) is 0 Å². The van der Waals surface area contributed by atoms with Crippen molar-refractivity contribution in [1.82, 2.24) is 14.9 Å². The number of nitrogens with zero attached hydrogens (tertiary/aromatic N) is 4. The number of rotatable bonds is 5. The van der Waals surface area contributed by atoms with Crippen molar-refractivity contribution in [3.8, 4) is 0 Å². The zero-order valence-corrected chi connectivity index (χ0v) is 22.8. The van der Waals surface area contributed by atoms with Gasteiger partial charge in [-0.2, -0.15) is 0 Å². The molecule has 4 rings (SSSR count). The lowest BCUT2D eigenvalue weighted by atomic mass is 9.81. The Hall–Kier alpha value is -3.20. The molecule has 1 amide bonds. The zero-order chi connectivity index (χ0) is 26.6. The molecule has 0 aromatic carbocycles. The van der Waals surface area contributed by atoms with Crippen LogP contribution < -0.4 is 10.2 Å². The van der Waals surface area contributed by atoms with Crippen LogP contribution in [0.2, 0.25) is 0 Å². The topological polar surface area (TPSA) is 104 Å². The Kier molecular flexibility index (Phi) is 8.32. The van der Waals surface area contributed by atoms with Crippen molar-refractivity contribution in [2.75, 3.05) is 49.6 Å². The van der Waals surface area contributed by atoms with Crippen molar-refractivity contribution in [3.63, 3.8) is 0 Å². The van der Waals surface area contributed by atoms with E-state index < -0.39 is 5.60 Å². The first-order chi connectivity index (χ1) is 17.6. The van der Waals surface area contributed by atoms with Crippen molar-refractivity contribution >= 4 is 23.4 Å². The minimum absolute atomic E-state index is 0.243. The number of hydrogen-bond donors (Lipinski definition) is 2. The van der Waals surface area contributed by atoms with Crippen LogP contribution in [0.25, 0.3) is 0 Å². The molecule has 0 spiro atoms. The Morgan fingerprint density at radius 2 is 1.89 bits per heavy atom. The first-order valence-corrected chi connectivity index (χ1v) is 13.3. The summed E-state index contributed by atoms with van der Waals surface area (Å²) in [6, 6.07) is 1.96. The Labute approximate surface area is 220 Å². The van der Waals surface area contributed by atoms with Gasteiger partial charge in [0, 0.05) is 50.4 Å². The molecule has 0 bridgehead atoms. The number of nitrogens with one attached hydrogen (secondary N) is 2. The van der Waals surface area contributed by atoms with Crippen LogP contribution in [-0.2, 0) is 15.9 Å². The number of anilines is 2. The summed E-state index contributed by atoms with van der Waals surface area (Å²) in [5.74, 6) is 2.75. The average molecular weight is 509 g/mol. The zero-order valence-electron chi connectivity index (χ0n) is 22.8. The minimum Gasteiger partial charge on any atom is -0.444 e. The fourth-order valence-corrected chi connectivity index (χ4v) is 4.83. The molecule has 3 aliphatic rings. The number of carbonyl (C=O) groups is 1. The molecular weight excluding hydrogens is 468 g/mol. The fourth-order valence-electron chi connectivity index (χ4n) is 4.83. The molecule has 1 aromatic heterocycles. The lowest BCUT2D eigenvalue weighted by Gasteiger charge is -2.35. The molecule has 0 unspecified atom stereocenters. The van der Waals surface area contributed by atoms with Crippen LogP contribution in [0.4, 0.5) is 16.4 Å². The number of aryl methyl sites for hydroxylation is 1.